The van der Waals surface area contributed by atoms with Gasteiger partial charge in [0.25, 0.3) is 0 Å². The topological polar surface area (TPSA) is 38.0 Å². The third kappa shape index (κ3) is 3.89. The van der Waals surface area contributed by atoms with E-state index in [1.54, 1.807) is 11.3 Å². The predicted molar refractivity (Wildman–Crippen MR) is 86.5 cm³/mol. The quantitative estimate of drug-likeness (QED) is 0.643. The van der Waals surface area contributed by atoms with Crippen molar-refractivity contribution in [3.8, 4) is 0 Å². The number of benzene rings is 1. The number of halogens is 1. The second-order valence-electron chi connectivity index (χ2n) is 4.89. The van der Waals surface area contributed by atoms with E-state index >= 15 is 0 Å². The maximum Gasteiger partial charge on any atom is 0.0314 e. The molecule has 1 atom stereocenters. The molecule has 4 heteroatoms. The van der Waals surface area contributed by atoms with E-state index < -0.39 is 0 Å². The van der Waals surface area contributed by atoms with Crippen molar-refractivity contribution in [2.45, 2.75) is 32.7 Å². The van der Waals surface area contributed by atoms with Crippen molar-refractivity contribution >= 4 is 27.3 Å². The zero-order chi connectivity index (χ0) is 13.8. The Bertz CT molecular complexity index is 551. The van der Waals surface area contributed by atoms with E-state index in [0.717, 1.165) is 12.8 Å². The van der Waals surface area contributed by atoms with Crippen LogP contribution in [0, 0.1) is 13.8 Å². The fourth-order valence-corrected chi connectivity index (χ4v) is 3.77. The molecule has 19 heavy (non-hydrogen) atoms. The standard InChI is InChI=1S/C15H19BrN2S/c1-10-3-4-11(2)12(7-10)8-13(18-17)9-15-14(16)5-6-19-15/h3-7,13,18H,8-9,17H2,1-2H3. The van der Waals surface area contributed by atoms with E-state index in [9.17, 15) is 0 Å². The summed E-state index contributed by atoms with van der Waals surface area (Å²) in [5, 5.41) is 2.10. The van der Waals surface area contributed by atoms with Crippen molar-refractivity contribution in [2.24, 2.45) is 5.84 Å². The van der Waals surface area contributed by atoms with E-state index in [1.165, 1.54) is 26.0 Å². The lowest BCUT2D eigenvalue weighted by Crippen LogP contribution is -2.38. The molecule has 0 amide bonds. The summed E-state index contributed by atoms with van der Waals surface area (Å²) in [5.41, 5.74) is 6.95. The molecule has 0 saturated heterocycles. The smallest absolute Gasteiger partial charge is 0.0314 e. The molecule has 2 rings (SSSR count). The van der Waals surface area contributed by atoms with Crippen LogP contribution >= 0.6 is 27.3 Å². The molecule has 1 heterocycles. The van der Waals surface area contributed by atoms with Gasteiger partial charge < -0.3 is 0 Å². The highest BCUT2D eigenvalue weighted by Gasteiger charge is 2.13. The molecule has 1 unspecified atom stereocenters. The Morgan fingerprint density at radius 3 is 2.68 bits per heavy atom. The Morgan fingerprint density at radius 1 is 1.26 bits per heavy atom. The zero-order valence-electron chi connectivity index (χ0n) is 11.2. The maximum atomic E-state index is 5.71. The van der Waals surface area contributed by atoms with Crippen LogP contribution in [0.1, 0.15) is 21.6 Å². The van der Waals surface area contributed by atoms with Gasteiger partial charge in [-0.3, -0.25) is 11.3 Å². The Balaban J connectivity index is 2.11. The van der Waals surface area contributed by atoms with E-state index in [1.807, 2.05) is 0 Å². The summed E-state index contributed by atoms with van der Waals surface area (Å²) in [6.07, 6.45) is 1.90. The first-order valence-corrected chi connectivity index (χ1v) is 8.01. The van der Waals surface area contributed by atoms with Crippen molar-refractivity contribution in [1.29, 1.82) is 0 Å². The molecule has 0 radical (unpaired) electrons. The van der Waals surface area contributed by atoms with Gasteiger partial charge in [-0.15, -0.1) is 11.3 Å². The number of thiophene rings is 1. The fraction of sp³-hybridized carbons (Fsp3) is 0.333. The molecule has 0 fully saturated rings. The molecule has 0 aliphatic rings. The monoisotopic (exact) mass is 338 g/mol. The van der Waals surface area contributed by atoms with Crippen LogP contribution in [0.4, 0.5) is 0 Å². The molecule has 0 bridgehead atoms. The van der Waals surface area contributed by atoms with Gasteiger partial charge in [0, 0.05) is 15.4 Å². The van der Waals surface area contributed by atoms with Gasteiger partial charge in [-0.05, 0) is 65.2 Å². The largest absolute Gasteiger partial charge is 0.271 e. The van der Waals surface area contributed by atoms with Gasteiger partial charge in [0.1, 0.15) is 0 Å². The first kappa shape index (κ1) is 14.7. The van der Waals surface area contributed by atoms with E-state index in [-0.39, 0.29) is 6.04 Å². The molecule has 2 aromatic rings. The summed E-state index contributed by atoms with van der Waals surface area (Å²) in [6, 6.07) is 8.93. The fourth-order valence-electron chi connectivity index (χ4n) is 2.17. The van der Waals surface area contributed by atoms with Crippen molar-refractivity contribution in [1.82, 2.24) is 5.43 Å². The lowest BCUT2D eigenvalue weighted by atomic mass is 9.97. The SMILES string of the molecule is Cc1ccc(C)c(CC(Cc2sccc2Br)NN)c1. The van der Waals surface area contributed by atoms with Crippen LogP contribution in [0.3, 0.4) is 0 Å². The van der Waals surface area contributed by atoms with Gasteiger partial charge in [-0.2, -0.15) is 0 Å². The Labute approximate surface area is 127 Å². The zero-order valence-corrected chi connectivity index (χ0v) is 13.6. The molecular formula is C15H19BrN2S. The number of hydrogen-bond acceptors (Lipinski definition) is 3. The third-order valence-electron chi connectivity index (χ3n) is 3.33. The normalized spacial score (nSPS) is 12.6. The molecule has 1 aromatic heterocycles. The number of rotatable bonds is 5. The minimum Gasteiger partial charge on any atom is -0.271 e. The number of hydrogen-bond donors (Lipinski definition) is 2. The highest BCUT2D eigenvalue weighted by Crippen LogP contribution is 2.25. The Hall–Kier alpha value is -0.680. The summed E-state index contributed by atoms with van der Waals surface area (Å²) >= 11 is 5.35. The molecule has 2 nitrogen and oxygen atoms in total. The van der Waals surface area contributed by atoms with Crippen LogP contribution in [-0.2, 0) is 12.8 Å². The average Bonchev–Trinajstić information content (AvgIpc) is 2.78. The van der Waals surface area contributed by atoms with Crippen molar-refractivity contribution in [3.63, 3.8) is 0 Å². The highest BCUT2D eigenvalue weighted by atomic mass is 79.9. The van der Waals surface area contributed by atoms with Crippen LogP contribution in [0.5, 0.6) is 0 Å². The second-order valence-corrected chi connectivity index (χ2v) is 6.75. The summed E-state index contributed by atoms with van der Waals surface area (Å²) in [5.74, 6) is 5.71. The molecule has 102 valence electrons. The minimum absolute atomic E-state index is 0.260. The van der Waals surface area contributed by atoms with Gasteiger partial charge in [-0.1, -0.05) is 23.8 Å². The minimum atomic E-state index is 0.260. The van der Waals surface area contributed by atoms with Crippen LogP contribution in [-0.4, -0.2) is 6.04 Å². The predicted octanol–water partition coefficient (Wildman–Crippen LogP) is 3.74. The summed E-state index contributed by atoms with van der Waals surface area (Å²) in [4.78, 5) is 1.34. The molecule has 0 saturated carbocycles. The van der Waals surface area contributed by atoms with E-state index in [0.29, 0.717) is 0 Å². The first-order chi connectivity index (χ1) is 9.10. The van der Waals surface area contributed by atoms with Gasteiger partial charge in [0.05, 0.1) is 0 Å². The molecule has 3 N–H and O–H groups in total. The van der Waals surface area contributed by atoms with Gasteiger partial charge in [0.15, 0.2) is 0 Å². The molecule has 1 aromatic carbocycles. The lowest BCUT2D eigenvalue weighted by molar-refractivity contribution is 0.524. The van der Waals surface area contributed by atoms with Gasteiger partial charge >= 0.3 is 0 Å². The molecule has 0 spiro atoms. The molecular weight excluding hydrogens is 320 g/mol. The Kier molecular flexibility index (Phi) is 5.16. The Morgan fingerprint density at radius 2 is 2.05 bits per heavy atom. The number of hydrazine groups is 1. The summed E-state index contributed by atoms with van der Waals surface area (Å²) < 4.78 is 1.18. The third-order valence-corrected chi connectivity index (χ3v) is 5.28. The lowest BCUT2D eigenvalue weighted by Gasteiger charge is -2.17. The molecule has 0 aliphatic carbocycles. The maximum absolute atomic E-state index is 5.71. The van der Waals surface area contributed by atoms with Crippen LogP contribution in [0.25, 0.3) is 0 Å². The van der Waals surface area contributed by atoms with Gasteiger partial charge in [-0.25, -0.2) is 0 Å². The van der Waals surface area contributed by atoms with Crippen molar-refractivity contribution in [2.75, 3.05) is 0 Å². The highest BCUT2D eigenvalue weighted by molar-refractivity contribution is 9.10. The number of aryl methyl sites for hydroxylation is 2. The van der Waals surface area contributed by atoms with Gasteiger partial charge in [0.2, 0.25) is 0 Å². The van der Waals surface area contributed by atoms with E-state index in [4.69, 9.17) is 5.84 Å². The van der Waals surface area contributed by atoms with Crippen LogP contribution in [0.15, 0.2) is 34.1 Å². The first-order valence-electron chi connectivity index (χ1n) is 6.34. The average molecular weight is 339 g/mol. The summed E-state index contributed by atoms with van der Waals surface area (Å²) in [7, 11) is 0. The van der Waals surface area contributed by atoms with Crippen molar-refractivity contribution in [3.05, 3.63) is 55.7 Å². The van der Waals surface area contributed by atoms with Crippen LogP contribution in [0.2, 0.25) is 0 Å². The number of nitrogens with one attached hydrogen (secondary N) is 1. The van der Waals surface area contributed by atoms with E-state index in [2.05, 4.69) is 64.8 Å². The summed E-state index contributed by atoms with van der Waals surface area (Å²) in [6.45, 7) is 4.28. The van der Waals surface area contributed by atoms with Crippen LogP contribution < -0.4 is 11.3 Å². The van der Waals surface area contributed by atoms with Crippen molar-refractivity contribution < 1.29 is 0 Å². The molecule has 0 aliphatic heterocycles. The second kappa shape index (κ2) is 6.66. The number of nitrogens with two attached hydrogens (primary N) is 1.